The van der Waals surface area contributed by atoms with E-state index in [1.165, 1.54) is 12.1 Å². The maximum Gasteiger partial charge on any atom is 0.267 e. The first-order valence-corrected chi connectivity index (χ1v) is 8.14. The van der Waals surface area contributed by atoms with Gasteiger partial charge >= 0.3 is 0 Å². The van der Waals surface area contributed by atoms with Gasteiger partial charge in [-0.15, -0.1) is 0 Å². The summed E-state index contributed by atoms with van der Waals surface area (Å²) >= 11 is 11.8. The van der Waals surface area contributed by atoms with Crippen LogP contribution in [0.25, 0.3) is 0 Å². The van der Waals surface area contributed by atoms with E-state index in [0.717, 1.165) is 32.1 Å². The van der Waals surface area contributed by atoms with Crippen LogP contribution in [0.2, 0.25) is 10.0 Å². The number of nitrogens with zero attached hydrogens (tertiary/aromatic N) is 1. The van der Waals surface area contributed by atoms with Gasteiger partial charge in [-0.05, 0) is 44.1 Å². The molecule has 1 aromatic rings. The monoisotopic (exact) mass is 366 g/mol. The van der Waals surface area contributed by atoms with Gasteiger partial charge in [0.05, 0.1) is 10.7 Å². The fraction of sp³-hybridized carbons (Fsp3) is 0.312. The summed E-state index contributed by atoms with van der Waals surface area (Å²) in [5.74, 6) is -0.967. The number of anilines is 1. The minimum atomic E-state index is -0.660. The summed E-state index contributed by atoms with van der Waals surface area (Å²) in [6.45, 7) is 1.56. The molecule has 0 saturated carbocycles. The first kappa shape index (κ1) is 18.3. The van der Waals surface area contributed by atoms with Gasteiger partial charge < -0.3 is 16.0 Å². The summed E-state index contributed by atoms with van der Waals surface area (Å²) in [6, 6.07) is 6.34. The van der Waals surface area contributed by atoms with E-state index in [1.54, 1.807) is 12.1 Å². The Morgan fingerprint density at radius 2 is 2.00 bits per heavy atom. The van der Waals surface area contributed by atoms with Crippen molar-refractivity contribution in [2.45, 2.75) is 12.8 Å². The Morgan fingerprint density at radius 1 is 1.29 bits per heavy atom. The second-order valence-corrected chi connectivity index (χ2v) is 6.12. The molecule has 0 aromatic heterocycles. The van der Waals surface area contributed by atoms with Crippen LogP contribution in [-0.4, -0.2) is 24.9 Å². The lowest BCUT2D eigenvalue weighted by Crippen LogP contribution is -2.36. The number of benzene rings is 1. The van der Waals surface area contributed by atoms with Crippen LogP contribution in [0.5, 0.6) is 0 Å². The Balaban J connectivity index is 2.00. The van der Waals surface area contributed by atoms with E-state index in [9.17, 15) is 9.59 Å². The Morgan fingerprint density at radius 3 is 2.62 bits per heavy atom. The van der Waals surface area contributed by atoms with E-state index in [1.807, 2.05) is 0 Å². The molecule has 2 amide bonds. The Kier molecular flexibility index (Phi) is 6.62. The SMILES string of the molecule is N#C/C(=C/NC(=O)C1CCNCC1)C(=O)Nc1ccc(Cl)cc1Cl. The predicted octanol–water partition coefficient (Wildman–Crippen LogP) is 2.46. The van der Waals surface area contributed by atoms with Crippen molar-refractivity contribution in [3.05, 3.63) is 40.0 Å². The highest BCUT2D eigenvalue weighted by Crippen LogP contribution is 2.25. The number of rotatable bonds is 4. The quantitative estimate of drug-likeness (QED) is 0.563. The summed E-state index contributed by atoms with van der Waals surface area (Å²) in [6.07, 6.45) is 2.59. The van der Waals surface area contributed by atoms with Gasteiger partial charge in [0.15, 0.2) is 0 Å². The second-order valence-electron chi connectivity index (χ2n) is 5.28. The number of amides is 2. The molecule has 0 atom stereocenters. The number of hydrogen-bond acceptors (Lipinski definition) is 4. The molecule has 1 saturated heterocycles. The Labute approximate surface area is 149 Å². The highest BCUT2D eigenvalue weighted by molar-refractivity contribution is 6.36. The number of nitrogens with one attached hydrogen (secondary N) is 3. The molecule has 0 radical (unpaired) electrons. The van der Waals surface area contributed by atoms with Gasteiger partial charge in [0, 0.05) is 17.1 Å². The molecule has 0 aliphatic carbocycles. The topological polar surface area (TPSA) is 94.0 Å². The Bertz CT molecular complexity index is 707. The van der Waals surface area contributed by atoms with Crippen molar-refractivity contribution in [3.8, 4) is 6.07 Å². The van der Waals surface area contributed by atoms with Gasteiger partial charge in [-0.3, -0.25) is 9.59 Å². The van der Waals surface area contributed by atoms with Crippen molar-refractivity contribution in [2.24, 2.45) is 5.92 Å². The zero-order valence-electron chi connectivity index (χ0n) is 12.7. The van der Waals surface area contributed by atoms with Crippen LogP contribution in [0.15, 0.2) is 30.0 Å². The lowest BCUT2D eigenvalue weighted by molar-refractivity contribution is -0.124. The van der Waals surface area contributed by atoms with Crippen LogP contribution in [0.4, 0.5) is 5.69 Å². The molecular formula is C16H16Cl2N4O2. The minimum Gasteiger partial charge on any atom is -0.331 e. The molecule has 0 bridgehead atoms. The maximum absolute atomic E-state index is 12.1. The molecule has 0 unspecified atom stereocenters. The first-order valence-electron chi connectivity index (χ1n) is 7.39. The predicted molar refractivity (Wildman–Crippen MR) is 92.5 cm³/mol. The molecule has 3 N–H and O–H groups in total. The molecule has 1 fully saturated rings. The lowest BCUT2D eigenvalue weighted by Gasteiger charge is -2.20. The number of piperidine rings is 1. The third-order valence-electron chi connectivity index (χ3n) is 3.61. The molecule has 126 valence electrons. The van der Waals surface area contributed by atoms with Crippen LogP contribution in [0.3, 0.4) is 0 Å². The van der Waals surface area contributed by atoms with E-state index in [4.69, 9.17) is 28.5 Å². The first-order chi connectivity index (χ1) is 11.5. The zero-order chi connectivity index (χ0) is 17.5. The number of carbonyl (C=O) groups is 2. The molecule has 1 aliphatic rings. The average Bonchev–Trinajstić information content (AvgIpc) is 2.58. The fourth-order valence-electron chi connectivity index (χ4n) is 2.27. The fourth-order valence-corrected chi connectivity index (χ4v) is 2.73. The smallest absolute Gasteiger partial charge is 0.267 e. The zero-order valence-corrected chi connectivity index (χ0v) is 14.2. The number of carbonyl (C=O) groups excluding carboxylic acids is 2. The van der Waals surface area contributed by atoms with Crippen molar-refractivity contribution >= 4 is 40.7 Å². The van der Waals surface area contributed by atoms with Crippen LogP contribution < -0.4 is 16.0 Å². The normalized spacial score (nSPS) is 15.5. The van der Waals surface area contributed by atoms with Gasteiger partial charge in [0.1, 0.15) is 11.6 Å². The molecule has 24 heavy (non-hydrogen) atoms. The van der Waals surface area contributed by atoms with Crippen molar-refractivity contribution in [3.63, 3.8) is 0 Å². The summed E-state index contributed by atoms with van der Waals surface area (Å²) in [7, 11) is 0. The largest absolute Gasteiger partial charge is 0.331 e. The number of nitriles is 1. The Hall–Kier alpha value is -2.07. The summed E-state index contributed by atoms with van der Waals surface area (Å²) < 4.78 is 0. The van der Waals surface area contributed by atoms with Gasteiger partial charge in [-0.2, -0.15) is 5.26 Å². The van der Waals surface area contributed by atoms with Crippen molar-refractivity contribution in [1.82, 2.24) is 10.6 Å². The van der Waals surface area contributed by atoms with Crippen molar-refractivity contribution < 1.29 is 9.59 Å². The molecule has 1 aromatic carbocycles. The lowest BCUT2D eigenvalue weighted by atomic mass is 9.97. The van der Waals surface area contributed by atoms with E-state index in [0.29, 0.717) is 10.7 Å². The molecule has 1 aliphatic heterocycles. The molecular weight excluding hydrogens is 351 g/mol. The minimum absolute atomic E-state index is 0.115. The van der Waals surface area contributed by atoms with Crippen LogP contribution >= 0.6 is 23.2 Å². The van der Waals surface area contributed by atoms with Gasteiger partial charge in [-0.25, -0.2) is 0 Å². The molecule has 1 heterocycles. The summed E-state index contributed by atoms with van der Waals surface area (Å²) in [5, 5.41) is 18.0. The van der Waals surface area contributed by atoms with E-state index >= 15 is 0 Å². The van der Waals surface area contributed by atoms with Crippen LogP contribution in [-0.2, 0) is 9.59 Å². The van der Waals surface area contributed by atoms with Crippen LogP contribution in [0.1, 0.15) is 12.8 Å². The standard InChI is InChI=1S/C16H16Cl2N4O2/c17-12-1-2-14(13(18)7-12)22-16(24)11(8-19)9-21-15(23)10-3-5-20-6-4-10/h1-2,7,9-10,20H,3-6H2,(H,21,23)(H,22,24)/b11-9-. The average molecular weight is 367 g/mol. The van der Waals surface area contributed by atoms with E-state index in [-0.39, 0.29) is 22.4 Å². The highest BCUT2D eigenvalue weighted by Gasteiger charge is 2.20. The van der Waals surface area contributed by atoms with Gasteiger partial charge in [-0.1, -0.05) is 23.2 Å². The summed E-state index contributed by atoms with van der Waals surface area (Å²) in [4.78, 5) is 24.1. The van der Waals surface area contributed by atoms with E-state index in [2.05, 4.69) is 16.0 Å². The summed E-state index contributed by atoms with van der Waals surface area (Å²) in [5.41, 5.74) is 0.111. The van der Waals surface area contributed by atoms with Gasteiger partial charge in [0.25, 0.3) is 5.91 Å². The number of halogens is 2. The molecule has 6 nitrogen and oxygen atoms in total. The maximum atomic E-state index is 12.1. The molecule has 0 spiro atoms. The van der Waals surface area contributed by atoms with Crippen molar-refractivity contribution in [2.75, 3.05) is 18.4 Å². The highest BCUT2D eigenvalue weighted by atomic mass is 35.5. The third kappa shape index (κ3) is 4.96. The second kappa shape index (κ2) is 8.69. The third-order valence-corrected chi connectivity index (χ3v) is 4.16. The van der Waals surface area contributed by atoms with E-state index < -0.39 is 5.91 Å². The molecule has 8 heteroatoms. The number of hydrogen-bond donors (Lipinski definition) is 3. The van der Waals surface area contributed by atoms with Crippen molar-refractivity contribution in [1.29, 1.82) is 5.26 Å². The van der Waals surface area contributed by atoms with Crippen LogP contribution in [0, 0.1) is 17.2 Å². The van der Waals surface area contributed by atoms with Gasteiger partial charge in [0.2, 0.25) is 5.91 Å². The molecule has 2 rings (SSSR count).